The van der Waals surface area contributed by atoms with Crippen LogP contribution in [0.2, 0.25) is 5.04 Å². The monoisotopic (exact) mass is 629 g/mol. The van der Waals surface area contributed by atoms with Crippen LogP contribution in [0, 0.1) is 11.7 Å². The van der Waals surface area contributed by atoms with Gasteiger partial charge in [-0.05, 0) is 60.2 Å². The van der Waals surface area contributed by atoms with Gasteiger partial charge in [-0.3, -0.25) is 4.79 Å². The minimum Gasteiger partial charge on any atom is -0.466 e. The lowest BCUT2D eigenvalue weighted by molar-refractivity contribution is -0.152. The van der Waals surface area contributed by atoms with Gasteiger partial charge in [-0.2, -0.15) is 5.10 Å². The zero-order chi connectivity index (χ0) is 31.6. The third-order valence-corrected chi connectivity index (χ3v) is 14.3. The number of ether oxygens (including phenoxy) is 2. The van der Waals surface area contributed by atoms with Gasteiger partial charge in [0.2, 0.25) is 0 Å². The minimum atomic E-state index is -3.02. The van der Waals surface area contributed by atoms with Crippen molar-refractivity contribution in [2.24, 2.45) is 5.92 Å². The molecule has 2 aliphatic rings. The van der Waals surface area contributed by atoms with Crippen LogP contribution >= 0.6 is 0 Å². The van der Waals surface area contributed by atoms with E-state index in [1.54, 1.807) is 6.07 Å². The molecule has 1 aromatic heterocycles. The first kappa shape index (κ1) is 31.4. The first-order chi connectivity index (χ1) is 21.7. The molecule has 3 atom stereocenters. The van der Waals surface area contributed by atoms with E-state index in [1.807, 2.05) is 29.8 Å². The fourth-order valence-electron chi connectivity index (χ4n) is 7.15. The summed E-state index contributed by atoms with van der Waals surface area (Å²) < 4.78 is 36.7. The summed E-state index contributed by atoms with van der Waals surface area (Å²) in [5.41, 5.74) is 0.717. The van der Waals surface area contributed by atoms with E-state index in [-0.39, 0.29) is 23.1 Å². The van der Waals surface area contributed by atoms with Gasteiger partial charge in [0.05, 0.1) is 29.5 Å². The predicted molar refractivity (Wildman–Crippen MR) is 178 cm³/mol. The van der Waals surface area contributed by atoms with Crippen LogP contribution in [0.3, 0.4) is 0 Å². The van der Waals surface area contributed by atoms with Gasteiger partial charge >= 0.3 is 5.97 Å². The molecule has 238 valence electrons. The van der Waals surface area contributed by atoms with Gasteiger partial charge in [0.25, 0.3) is 8.32 Å². The number of carbonyl (C=O) groups is 1. The van der Waals surface area contributed by atoms with Crippen molar-refractivity contribution < 1.29 is 23.1 Å². The lowest BCUT2D eigenvalue weighted by Gasteiger charge is -2.48. The third-order valence-electron chi connectivity index (χ3n) is 9.29. The average molecular weight is 630 g/mol. The minimum absolute atomic E-state index is 0.238. The Balaban J connectivity index is 1.46. The number of aromatic nitrogens is 2. The maximum absolute atomic E-state index is 15.6. The normalized spacial score (nSPS) is 21.2. The topological polar surface area (TPSA) is 65.8 Å². The van der Waals surface area contributed by atoms with Crippen molar-refractivity contribution in [3.05, 3.63) is 84.7 Å². The number of nitrogens with zero attached hydrogens (tertiary/aromatic N) is 3. The van der Waals surface area contributed by atoms with E-state index in [4.69, 9.17) is 19.0 Å². The Kier molecular flexibility index (Phi) is 9.13. The number of rotatable bonds is 8. The standard InChI is InChI=1S/C36H44FN3O4Si/c1-5-42-35(41)28-22-23-39(34-33-29(37)19-14-20-30(33)40(38-34)32-21-12-13-24-43-32)25-31(28)44-45(36(2,3)4,26-15-8-6-9-16-26)27-17-10-7-11-18-27/h6-11,14-20,28,31-32H,5,12-13,21-25H2,1-4H3. The fourth-order valence-corrected chi connectivity index (χ4v) is 11.9. The van der Waals surface area contributed by atoms with Crippen LogP contribution < -0.4 is 15.3 Å². The predicted octanol–water partition coefficient (Wildman–Crippen LogP) is 6.21. The average Bonchev–Trinajstić information content (AvgIpc) is 3.45. The second-order valence-electron chi connectivity index (χ2n) is 13.1. The van der Waals surface area contributed by atoms with E-state index in [0.717, 1.165) is 29.6 Å². The highest BCUT2D eigenvalue weighted by Gasteiger charge is 2.53. The quantitative estimate of drug-likeness (QED) is 0.171. The summed E-state index contributed by atoms with van der Waals surface area (Å²) in [5.74, 6) is -0.475. The molecule has 0 saturated carbocycles. The molecule has 0 spiro atoms. The van der Waals surface area contributed by atoms with Crippen LogP contribution in [0.1, 0.15) is 59.6 Å². The van der Waals surface area contributed by atoms with E-state index < -0.39 is 20.3 Å². The molecule has 0 bridgehead atoms. The van der Waals surface area contributed by atoms with Crippen molar-refractivity contribution >= 4 is 41.4 Å². The molecule has 4 aromatic rings. The maximum atomic E-state index is 15.6. The number of carbonyl (C=O) groups excluding carboxylic acids is 1. The number of halogens is 1. The Morgan fingerprint density at radius 1 is 0.978 bits per heavy atom. The Bertz CT molecular complexity index is 1560. The molecule has 45 heavy (non-hydrogen) atoms. The number of piperidine rings is 1. The van der Waals surface area contributed by atoms with Crippen LogP contribution in [-0.4, -0.2) is 56.5 Å². The van der Waals surface area contributed by atoms with Gasteiger partial charge < -0.3 is 18.8 Å². The van der Waals surface area contributed by atoms with Gasteiger partial charge in [0.15, 0.2) is 12.0 Å². The molecule has 9 heteroatoms. The number of anilines is 1. The van der Waals surface area contributed by atoms with E-state index in [0.29, 0.717) is 49.4 Å². The molecule has 2 saturated heterocycles. The van der Waals surface area contributed by atoms with Crippen molar-refractivity contribution in [3.63, 3.8) is 0 Å². The molecule has 2 aliphatic heterocycles. The van der Waals surface area contributed by atoms with Gasteiger partial charge in [-0.15, -0.1) is 0 Å². The summed E-state index contributed by atoms with van der Waals surface area (Å²) in [6.07, 6.45) is 2.64. The number of hydrogen-bond donors (Lipinski definition) is 0. The van der Waals surface area contributed by atoms with Crippen LogP contribution in [0.5, 0.6) is 0 Å². The van der Waals surface area contributed by atoms with Crippen LogP contribution in [-0.2, 0) is 18.7 Å². The SMILES string of the molecule is CCOC(=O)C1CCN(c2nn(C3CCCCO3)c3cccc(F)c23)CC1O[Si](c1ccccc1)(c1ccccc1)C(C)(C)C. The fraction of sp³-hybridized carbons (Fsp3) is 0.444. The Morgan fingerprint density at radius 3 is 2.27 bits per heavy atom. The second kappa shape index (κ2) is 13.1. The molecule has 0 N–H and O–H groups in total. The van der Waals surface area contributed by atoms with Crippen LogP contribution in [0.25, 0.3) is 10.9 Å². The van der Waals surface area contributed by atoms with Crippen molar-refractivity contribution in [1.82, 2.24) is 9.78 Å². The number of hydrogen-bond acceptors (Lipinski definition) is 6. The van der Waals surface area contributed by atoms with Crippen LogP contribution in [0.4, 0.5) is 10.2 Å². The smallest absolute Gasteiger partial charge is 0.311 e. The van der Waals surface area contributed by atoms with Crippen molar-refractivity contribution in [2.75, 3.05) is 31.2 Å². The highest BCUT2D eigenvalue weighted by molar-refractivity contribution is 6.99. The van der Waals surface area contributed by atoms with Crippen molar-refractivity contribution in [2.45, 2.75) is 70.7 Å². The highest BCUT2D eigenvalue weighted by atomic mass is 28.4. The molecule has 0 aliphatic carbocycles. The Labute approximate surface area is 266 Å². The van der Waals surface area contributed by atoms with Crippen LogP contribution in [0.15, 0.2) is 78.9 Å². The van der Waals surface area contributed by atoms with E-state index in [1.165, 1.54) is 6.07 Å². The molecule has 6 rings (SSSR count). The first-order valence-corrected chi connectivity index (χ1v) is 18.1. The molecule has 7 nitrogen and oxygen atoms in total. The highest BCUT2D eigenvalue weighted by Crippen LogP contribution is 2.41. The second-order valence-corrected chi connectivity index (χ2v) is 17.4. The summed E-state index contributed by atoms with van der Waals surface area (Å²) >= 11 is 0. The Hall–Kier alpha value is -3.53. The van der Waals surface area contributed by atoms with Crippen molar-refractivity contribution in [1.29, 1.82) is 0 Å². The summed E-state index contributed by atoms with van der Waals surface area (Å²) in [7, 11) is -3.02. The lowest BCUT2D eigenvalue weighted by atomic mass is 9.94. The number of fused-ring (bicyclic) bond motifs is 1. The molecule has 3 heterocycles. The molecular weight excluding hydrogens is 585 g/mol. The van der Waals surface area contributed by atoms with Crippen molar-refractivity contribution in [3.8, 4) is 0 Å². The van der Waals surface area contributed by atoms with E-state index >= 15 is 4.39 Å². The Morgan fingerprint density at radius 2 is 1.67 bits per heavy atom. The zero-order valence-electron chi connectivity index (χ0n) is 26.7. The molecule has 0 radical (unpaired) electrons. The van der Waals surface area contributed by atoms with Gasteiger partial charge in [-0.25, -0.2) is 9.07 Å². The van der Waals surface area contributed by atoms with E-state index in [9.17, 15) is 4.79 Å². The lowest BCUT2D eigenvalue weighted by Crippen LogP contribution is -2.69. The largest absolute Gasteiger partial charge is 0.466 e. The summed E-state index contributed by atoms with van der Waals surface area (Å²) in [6, 6.07) is 26.0. The number of esters is 1. The molecular formula is C36H44FN3O4Si. The van der Waals surface area contributed by atoms with E-state index in [2.05, 4.69) is 74.2 Å². The van der Waals surface area contributed by atoms with Gasteiger partial charge in [0.1, 0.15) is 5.82 Å². The molecule has 3 unspecified atom stereocenters. The molecule has 2 fully saturated rings. The number of benzene rings is 3. The first-order valence-electron chi connectivity index (χ1n) is 16.2. The zero-order valence-corrected chi connectivity index (χ0v) is 27.7. The molecule has 0 amide bonds. The molecule has 3 aromatic carbocycles. The summed E-state index contributed by atoms with van der Waals surface area (Å²) in [4.78, 5) is 15.6. The van der Waals surface area contributed by atoms with Gasteiger partial charge in [-0.1, -0.05) is 87.5 Å². The summed E-state index contributed by atoms with van der Waals surface area (Å²) in [5, 5.41) is 7.49. The third kappa shape index (κ3) is 5.93. The van der Waals surface area contributed by atoms with Gasteiger partial charge in [0, 0.05) is 19.7 Å². The summed E-state index contributed by atoms with van der Waals surface area (Å²) in [6.45, 7) is 10.4. The maximum Gasteiger partial charge on any atom is 0.311 e.